The highest BCUT2D eigenvalue weighted by atomic mass is 16.2. The maximum atomic E-state index is 10.9. The maximum Gasteiger partial charge on any atom is 0.325 e. The molecule has 0 radical (unpaired) electrons. The minimum Gasteiger partial charge on any atom is -0.311 e. The lowest BCUT2D eigenvalue weighted by Crippen LogP contribution is -2.25. The van der Waals surface area contributed by atoms with Crippen LogP contribution < -0.4 is 11.2 Å². The van der Waals surface area contributed by atoms with Crippen LogP contribution in [0.3, 0.4) is 0 Å². The number of rotatable bonds is 3. The highest BCUT2D eigenvalue weighted by Gasteiger charge is 1.97. The van der Waals surface area contributed by atoms with E-state index in [-0.39, 0.29) is 5.56 Å². The van der Waals surface area contributed by atoms with Crippen LogP contribution in [0.5, 0.6) is 0 Å². The van der Waals surface area contributed by atoms with Gasteiger partial charge < -0.3 is 9.88 Å². The van der Waals surface area contributed by atoms with Gasteiger partial charge in [-0.3, -0.25) is 9.78 Å². The molecule has 0 amide bonds. The van der Waals surface area contributed by atoms with E-state index >= 15 is 0 Å². The molecule has 0 aliphatic rings. The van der Waals surface area contributed by atoms with E-state index < -0.39 is 5.69 Å². The molecule has 72 valence electrons. The molecule has 1 aromatic heterocycles. The monoisotopic (exact) mass is 183 g/mol. The molecule has 13 heavy (non-hydrogen) atoms. The van der Waals surface area contributed by atoms with E-state index in [4.69, 9.17) is 0 Å². The molecular formula is C8H13N3O2. The average Bonchev–Trinajstić information content (AvgIpc) is 1.99. The van der Waals surface area contributed by atoms with E-state index in [2.05, 4.69) is 9.97 Å². The Morgan fingerprint density at radius 2 is 2.00 bits per heavy atom. The fourth-order valence-corrected chi connectivity index (χ4v) is 0.998. The van der Waals surface area contributed by atoms with Crippen LogP contribution in [0.4, 0.5) is 0 Å². The molecule has 1 rings (SSSR count). The molecular weight excluding hydrogens is 170 g/mol. The summed E-state index contributed by atoms with van der Waals surface area (Å²) >= 11 is 0. The fraction of sp³-hybridized carbons (Fsp3) is 0.500. The first-order chi connectivity index (χ1) is 6.08. The van der Waals surface area contributed by atoms with Crippen molar-refractivity contribution < 1.29 is 0 Å². The topological polar surface area (TPSA) is 69.0 Å². The predicted octanol–water partition coefficient (Wildman–Crippen LogP) is -0.833. The maximum absolute atomic E-state index is 10.9. The van der Waals surface area contributed by atoms with Crippen LogP contribution in [0.1, 0.15) is 5.69 Å². The van der Waals surface area contributed by atoms with Gasteiger partial charge >= 0.3 is 5.69 Å². The third-order valence-electron chi connectivity index (χ3n) is 1.64. The van der Waals surface area contributed by atoms with Crippen LogP contribution in [0.15, 0.2) is 15.7 Å². The summed E-state index contributed by atoms with van der Waals surface area (Å²) in [6.07, 6.45) is 0.673. The van der Waals surface area contributed by atoms with Crippen molar-refractivity contribution in [1.82, 2.24) is 14.9 Å². The van der Waals surface area contributed by atoms with Crippen molar-refractivity contribution in [3.8, 4) is 0 Å². The molecule has 0 saturated heterocycles. The quantitative estimate of drug-likeness (QED) is 0.642. The second-order valence-corrected chi connectivity index (χ2v) is 3.17. The van der Waals surface area contributed by atoms with E-state index in [1.165, 1.54) is 6.07 Å². The number of hydrogen-bond donors (Lipinski definition) is 2. The summed E-state index contributed by atoms with van der Waals surface area (Å²) < 4.78 is 0. The van der Waals surface area contributed by atoms with Gasteiger partial charge in [-0.15, -0.1) is 0 Å². The van der Waals surface area contributed by atoms with Crippen LogP contribution in [0.2, 0.25) is 0 Å². The molecule has 5 heteroatoms. The number of nitrogens with one attached hydrogen (secondary N) is 2. The molecule has 0 saturated carbocycles. The summed E-state index contributed by atoms with van der Waals surface area (Å²) in [6.45, 7) is 0.805. The molecule has 0 atom stereocenters. The van der Waals surface area contributed by atoms with E-state index in [0.717, 1.165) is 6.54 Å². The van der Waals surface area contributed by atoms with Crippen LogP contribution in [0, 0.1) is 0 Å². The minimum absolute atomic E-state index is 0.350. The van der Waals surface area contributed by atoms with Gasteiger partial charge in [0.05, 0.1) is 0 Å². The third-order valence-corrected chi connectivity index (χ3v) is 1.64. The molecule has 0 unspecified atom stereocenters. The third kappa shape index (κ3) is 3.25. The van der Waals surface area contributed by atoms with Crippen LogP contribution in [-0.4, -0.2) is 35.5 Å². The van der Waals surface area contributed by atoms with Gasteiger partial charge in [-0.05, 0) is 14.1 Å². The molecule has 0 aromatic carbocycles. The van der Waals surface area contributed by atoms with E-state index in [1.54, 1.807) is 0 Å². The summed E-state index contributed by atoms with van der Waals surface area (Å²) in [6, 6.07) is 1.41. The van der Waals surface area contributed by atoms with Crippen LogP contribution in [0.25, 0.3) is 0 Å². The SMILES string of the molecule is CN(C)CCc1cc(=O)[nH]c(=O)[nH]1. The zero-order valence-corrected chi connectivity index (χ0v) is 7.76. The van der Waals surface area contributed by atoms with Crippen molar-refractivity contribution in [2.75, 3.05) is 20.6 Å². The van der Waals surface area contributed by atoms with Crippen molar-refractivity contribution in [2.24, 2.45) is 0 Å². The van der Waals surface area contributed by atoms with Crippen molar-refractivity contribution >= 4 is 0 Å². The van der Waals surface area contributed by atoms with E-state index in [0.29, 0.717) is 12.1 Å². The van der Waals surface area contributed by atoms with Crippen molar-refractivity contribution in [1.29, 1.82) is 0 Å². The number of hydrogen-bond acceptors (Lipinski definition) is 3. The summed E-state index contributed by atoms with van der Waals surface area (Å²) in [5, 5.41) is 0. The fourth-order valence-electron chi connectivity index (χ4n) is 0.998. The molecule has 2 N–H and O–H groups in total. The Kier molecular flexibility index (Phi) is 3.02. The lowest BCUT2D eigenvalue weighted by Gasteiger charge is -2.07. The molecule has 0 aliphatic heterocycles. The van der Waals surface area contributed by atoms with Gasteiger partial charge in [0.1, 0.15) is 0 Å². The Labute approximate surface area is 75.4 Å². The van der Waals surface area contributed by atoms with E-state index in [9.17, 15) is 9.59 Å². The first-order valence-electron chi connectivity index (χ1n) is 4.05. The minimum atomic E-state index is -0.443. The van der Waals surface area contributed by atoms with Gasteiger partial charge in [-0.1, -0.05) is 0 Å². The number of aromatic nitrogens is 2. The van der Waals surface area contributed by atoms with Gasteiger partial charge in [-0.2, -0.15) is 0 Å². The highest BCUT2D eigenvalue weighted by molar-refractivity contribution is 4.98. The molecule has 5 nitrogen and oxygen atoms in total. The number of aromatic amines is 2. The lowest BCUT2D eigenvalue weighted by atomic mass is 10.3. The molecule has 0 spiro atoms. The highest BCUT2D eigenvalue weighted by Crippen LogP contribution is 1.88. The van der Waals surface area contributed by atoms with Crippen molar-refractivity contribution in [3.05, 3.63) is 32.6 Å². The van der Waals surface area contributed by atoms with Crippen molar-refractivity contribution in [2.45, 2.75) is 6.42 Å². The smallest absolute Gasteiger partial charge is 0.311 e. The van der Waals surface area contributed by atoms with Gasteiger partial charge in [0.2, 0.25) is 0 Å². The molecule has 0 aliphatic carbocycles. The lowest BCUT2D eigenvalue weighted by molar-refractivity contribution is 0.411. The summed E-state index contributed by atoms with van der Waals surface area (Å²) in [7, 11) is 3.87. The Balaban J connectivity index is 2.78. The van der Waals surface area contributed by atoms with Crippen molar-refractivity contribution in [3.63, 3.8) is 0 Å². The molecule has 1 heterocycles. The number of nitrogens with zero attached hydrogens (tertiary/aromatic N) is 1. The average molecular weight is 183 g/mol. The summed E-state index contributed by atoms with van der Waals surface area (Å²) in [5.74, 6) is 0. The van der Waals surface area contributed by atoms with Crippen LogP contribution >= 0.6 is 0 Å². The Morgan fingerprint density at radius 3 is 2.54 bits per heavy atom. The van der Waals surface area contributed by atoms with Crippen LogP contribution in [-0.2, 0) is 6.42 Å². The molecule has 1 aromatic rings. The van der Waals surface area contributed by atoms with Gasteiger partial charge in [0, 0.05) is 24.7 Å². The van der Waals surface area contributed by atoms with Gasteiger partial charge in [0.25, 0.3) is 5.56 Å². The van der Waals surface area contributed by atoms with Gasteiger partial charge in [0.15, 0.2) is 0 Å². The molecule has 0 bridgehead atoms. The largest absolute Gasteiger partial charge is 0.325 e. The zero-order valence-electron chi connectivity index (χ0n) is 7.76. The predicted molar refractivity (Wildman–Crippen MR) is 49.9 cm³/mol. The summed E-state index contributed by atoms with van der Waals surface area (Å²) in [5.41, 5.74) is -0.124. The first kappa shape index (κ1) is 9.73. The number of H-pyrrole nitrogens is 2. The Bertz CT molecular complexity index is 349. The van der Waals surface area contributed by atoms with E-state index in [1.807, 2.05) is 19.0 Å². The summed E-state index contributed by atoms with van der Waals surface area (Å²) in [4.78, 5) is 28.4. The standard InChI is InChI=1S/C8H13N3O2/c1-11(2)4-3-6-5-7(12)10-8(13)9-6/h5H,3-4H2,1-2H3,(H2,9,10,12,13). The van der Waals surface area contributed by atoms with Gasteiger partial charge in [-0.25, -0.2) is 4.79 Å². The zero-order chi connectivity index (χ0) is 9.84. The Hall–Kier alpha value is -1.36. The molecule has 0 fully saturated rings. The normalized spacial score (nSPS) is 10.7. The second kappa shape index (κ2) is 4.04. The number of likely N-dealkylation sites (N-methyl/N-ethyl adjacent to an activating group) is 1. The second-order valence-electron chi connectivity index (χ2n) is 3.17. The first-order valence-corrected chi connectivity index (χ1v) is 4.05. The Morgan fingerprint density at radius 1 is 1.31 bits per heavy atom.